The Labute approximate surface area is 263 Å². The Hall–Kier alpha value is -1.56. The van der Waals surface area contributed by atoms with Crippen molar-refractivity contribution < 1.29 is 0 Å². The van der Waals surface area contributed by atoms with Crippen molar-refractivity contribution in [1.82, 2.24) is 0 Å². The van der Waals surface area contributed by atoms with E-state index in [1.807, 2.05) is 0 Å². The van der Waals surface area contributed by atoms with E-state index < -0.39 is 0 Å². The van der Waals surface area contributed by atoms with Gasteiger partial charge in [-0.2, -0.15) is 0 Å². The van der Waals surface area contributed by atoms with Crippen molar-refractivity contribution in [3.63, 3.8) is 0 Å². The largest absolute Gasteiger partial charge is 0.0654 e. The molecule has 0 saturated carbocycles. The summed E-state index contributed by atoms with van der Waals surface area (Å²) in [4.78, 5) is 0. The number of hydrogen-bond acceptors (Lipinski definition) is 0. The normalized spacial score (nSPS) is 11.4. The molecule has 0 fully saturated rings. The second kappa shape index (κ2) is 24.8. The molecule has 42 heavy (non-hydrogen) atoms. The van der Waals surface area contributed by atoms with Crippen molar-refractivity contribution in [2.45, 2.75) is 195 Å². The molecule has 0 aromatic heterocycles. The van der Waals surface area contributed by atoms with Crippen LogP contribution in [0.2, 0.25) is 0 Å². The minimum Gasteiger partial charge on any atom is -0.0654 e. The van der Waals surface area contributed by atoms with E-state index in [1.54, 1.807) is 16.7 Å². The monoisotopic (exact) mass is 574 g/mol. The van der Waals surface area contributed by atoms with Crippen molar-refractivity contribution in [3.05, 3.63) is 58.7 Å². The van der Waals surface area contributed by atoms with Gasteiger partial charge in [0.1, 0.15) is 0 Å². The number of hydrogen-bond donors (Lipinski definition) is 0. The Bertz CT molecular complexity index is 840. The Kier molecular flexibility index (Phi) is 21.7. The van der Waals surface area contributed by atoms with Crippen molar-refractivity contribution >= 4 is 0 Å². The molecular weight excluding hydrogens is 504 g/mol. The highest BCUT2D eigenvalue weighted by Crippen LogP contribution is 2.33. The molecular formula is C42H69. The van der Waals surface area contributed by atoms with Crippen LogP contribution in [0.5, 0.6) is 0 Å². The standard InChI is InChI=1S/C42H69/c1-5-9-11-13-15-17-19-21-23-25-30-39-32-27-33-40(31-26-24-22-20-18-16-14-12-10-6-2)42(39)41-35-37(28-7-3)34-38(36-41)29-8-4/h27,32-33,35-36H,5-26,28-31H2,1-4H3. The van der Waals surface area contributed by atoms with Gasteiger partial charge in [0.2, 0.25) is 0 Å². The molecule has 1 radical (unpaired) electrons. The quantitative estimate of drug-likeness (QED) is 0.0932. The van der Waals surface area contributed by atoms with Gasteiger partial charge in [0.25, 0.3) is 0 Å². The van der Waals surface area contributed by atoms with Gasteiger partial charge in [0, 0.05) is 0 Å². The predicted molar refractivity (Wildman–Crippen MR) is 190 cm³/mol. The lowest BCUT2D eigenvalue weighted by atomic mass is 9.87. The third-order valence-electron chi connectivity index (χ3n) is 9.14. The topological polar surface area (TPSA) is 0 Å². The fraction of sp³-hybridized carbons (Fsp3) is 0.714. The fourth-order valence-corrected chi connectivity index (χ4v) is 6.69. The molecule has 0 aliphatic rings. The summed E-state index contributed by atoms with van der Waals surface area (Å²) in [5.41, 5.74) is 9.07. The minimum atomic E-state index is 1.14. The lowest BCUT2D eigenvalue weighted by molar-refractivity contribution is 0.555. The third-order valence-corrected chi connectivity index (χ3v) is 9.14. The van der Waals surface area contributed by atoms with Crippen LogP contribution in [0.3, 0.4) is 0 Å². The summed E-state index contributed by atoms with van der Waals surface area (Å²) >= 11 is 0. The molecule has 2 aromatic rings. The highest BCUT2D eigenvalue weighted by Gasteiger charge is 2.13. The third kappa shape index (κ3) is 15.8. The molecule has 0 amide bonds. The molecule has 0 aliphatic carbocycles. The first-order valence-corrected chi connectivity index (χ1v) is 18.9. The number of rotatable bonds is 27. The number of unbranched alkanes of at least 4 members (excludes halogenated alkanes) is 18. The Morgan fingerprint density at radius 2 is 0.762 bits per heavy atom. The van der Waals surface area contributed by atoms with Gasteiger partial charge in [-0.15, -0.1) is 0 Å². The van der Waals surface area contributed by atoms with E-state index in [0.717, 1.165) is 12.8 Å². The fourth-order valence-electron chi connectivity index (χ4n) is 6.69. The highest BCUT2D eigenvalue weighted by atomic mass is 14.2. The van der Waals surface area contributed by atoms with Crippen LogP contribution < -0.4 is 0 Å². The van der Waals surface area contributed by atoms with Gasteiger partial charge in [-0.1, -0.05) is 186 Å². The van der Waals surface area contributed by atoms with Crippen molar-refractivity contribution in [3.8, 4) is 11.1 Å². The summed E-state index contributed by atoms with van der Waals surface area (Å²) < 4.78 is 0. The van der Waals surface area contributed by atoms with E-state index in [9.17, 15) is 0 Å². The van der Waals surface area contributed by atoms with Gasteiger partial charge in [0.05, 0.1) is 0 Å². The summed E-state index contributed by atoms with van der Waals surface area (Å²) in [6.07, 6.45) is 35.2. The van der Waals surface area contributed by atoms with Crippen LogP contribution in [-0.4, -0.2) is 0 Å². The summed E-state index contributed by atoms with van der Waals surface area (Å²) in [6, 6.07) is 16.0. The summed E-state index contributed by atoms with van der Waals surface area (Å²) in [5, 5.41) is 0. The summed E-state index contributed by atoms with van der Waals surface area (Å²) in [5.74, 6) is 0. The van der Waals surface area contributed by atoms with Gasteiger partial charge in [-0.3, -0.25) is 0 Å². The van der Waals surface area contributed by atoms with Crippen LogP contribution >= 0.6 is 0 Å². The van der Waals surface area contributed by atoms with Gasteiger partial charge in [-0.05, 0) is 78.0 Å². The molecule has 2 rings (SSSR count). The molecule has 2 aromatic carbocycles. The smallest absolute Gasteiger partial charge is 0.0114 e. The zero-order chi connectivity index (χ0) is 30.1. The zero-order valence-electron chi connectivity index (χ0n) is 28.8. The zero-order valence-corrected chi connectivity index (χ0v) is 28.8. The van der Waals surface area contributed by atoms with E-state index in [1.165, 1.54) is 171 Å². The van der Waals surface area contributed by atoms with Crippen LogP contribution in [0.1, 0.15) is 191 Å². The van der Waals surface area contributed by atoms with Crippen molar-refractivity contribution in [2.75, 3.05) is 0 Å². The Morgan fingerprint density at radius 3 is 1.12 bits per heavy atom. The van der Waals surface area contributed by atoms with Crippen LogP contribution in [-0.2, 0) is 25.7 Å². The predicted octanol–water partition coefficient (Wildman–Crippen LogP) is 14.0. The number of aryl methyl sites for hydroxylation is 4. The average Bonchev–Trinajstić information content (AvgIpc) is 2.99. The first kappa shape index (κ1) is 36.6. The maximum Gasteiger partial charge on any atom is -0.0114 e. The molecule has 0 heteroatoms. The lowest BCUT2D eigenvalue weighted by Gasteiger charge is -2.18. The molecule has 0 aliphatic heterocycles. The van der Waals surface area contributed by atoms with Gasteiger partial charge < -0.3 is 0 Å². The maximum atomic E-state index is 3.77. The Morgan fingerprint density at radius 1 is 0.405 bits per heavy atom. The van der Waals surface area contributed by atoms with Gasteiger partial charge >= 0.3 is 0 Å². The van der Waals surface area contributed by atoms with Gasteiger partial charge in [-0.25, -0.2) is 0 Å². The molecule has 0 atom stereocenters. The van der Waals surface area contributed by atoms with Crippen LogP contribution in [0.15, 0.2) is 30.3 Å². The lowest BCUT2D eigenvalue weighted by Crippen LogP contribution is -2.00. The van der Waals surface area contributed by atoms with Crippen molar-refractivity contribution in [1.29, 1.82) is 0 Å². The second-order valence-electron chi connectivity index (χ2n) is 13.2. The summed E-state index contributed by atoms with van der Waals surface area (Å²) in [6.45, 7) is 9.22. The van der Waals surface area contributed by atoms with Crippen molar-refractivity contribution in [2.24, 2.45) is 0 Å². The Balaban J connectivity index is 2.02. The van der Waals surface area contributed by atoms with E-state index in [-0.39, 0.29) is 0 Å². The minimum absolute atomic E-state index is 1.14. The van der Waals surface area contributed by atoms with E-state index in [4.69, 9.17) is 0 Å². The van der Waals surface area contributed by atoms with Crippen LogP contribution in [0, 0.1) is 6.07 Å². The van der Waals surface area contributed by atoms with Crippen LogP contribution in [0.4, 0.5) is 0 Å². The molecule has 0 saturated heterocycles. The molecule has 0 unspecified atom stereocenters. The average molecular weight is 574 g/mol. The SMILES string of the molecule is CCCCCCCCCCCCc1cccc(CCCCCCCCCCCC)c1-c1cc(CCC)[c]c(CCC)c1. The van der Waals surface area contributed by atoms with Gasteiger partial charge in [0.15, 0.2) is 0 Å². The molecule has 0 spiro atoms. The first-order chi connectivity index (χ1) is 20.7. The highest BCUT2D eigenvalue weighted by molar-refractivity contribution is 5.72. The van der Waals surface area contributed by atoms with E-state index >= 15 is 0 Å². The number of benzene rings is 2. The maximum absolute atomic E-state index is 3.77. The van der Waals surface area contributed by atoms with E-state index in [2.05, 4.69) is 64.1 Å². The second-order valence-corrected chi connectivity index (χ2v) is 13.2. The molecule has 0 bridgehead atoms. The van der Waals surface area contributed by atoms with Crippen LogP contribution in [0.25, 0.3) is 11.1 Å². The first-order valence-electron chi connectivity index (χ1n) is 18.9. The molecule has 0 N–H and O–H groups in total. The molecule has 0 heterocycles. The summed E-state index contributed by atoms with van der Waals surface area (Å²) in [7, 11) is 0. The molecule has 237 valence electrons. The van der Waals surface area contributed by atoms with E-state index in [0.29, 0.717) is 0 Å². The molecule has 0 nitrogen and oxygen atoms in total.